The molecule has 0 radical (unpaired) electrons. The average molecular weight is 533 g/mol. The summed E-state index contributed by atoms with van der Waals surface area (Å²) in [5.74, 6) is 2.10. The molecule has 3 fully saturated rings. The van der Waals surface area contributed by atoms with E-state index >= 15 is 0 Å². The molecule has 4 heterocycles. The number of pyridine rings is 2. The molecule has 1 aliphatic heterocycles. The number of benzene rings is 1. The minimum Gasteiger partial charge on any atom is -0.496 e. The molecule has 0 atom stereocenters. The van der Waals surface area contributed by atoms with Crippen molar-refractivity contribution in [3.63, 3.8) is 0 Å². The molecule has 39 heavy (non-hydrogen) atoms. The van der Waals surface area contributed by atoms with Gasteiger partial charge >= 0.3 is 6.18 Å². The lowest BCUT2D eigenvalue weighted by Gasteiger charge is -2.59. The third-order valence-electron chi connectivity index (χ3n) is 8.33. The quantitative estimate of drug-likeness (QED) is 0.264. The number of methoxy groups -OCH3 is 1. The molecule has 200 valence electrons. The van der Waals surface area contributed by atoms with Crippen LogP contribution in [-0.4, -0.2) is 35.3 Å². The summed E-state index contributed by atoms with van der Waals surface area (Å²) >= 11 is 0. The molecule has 9 heteroatoms. The molecular formula is C30H27F3N4O2. The lowest BCUT2D eigenvalue weighted by Crippen LogP contribution is -2.62. The van der Waals surface area contributed by atoms with Gasteiger partial charge < -0.3 is 14.2 Å². The first-order chi connectivity index (χ1) is 18.8. The van der Waals surface area contributed by atoms with E-state index in [0.29, 0.717) is 17.2 Å². The van der Waals surface area contributed by atoms with Crippen LogP contribution in [0.4, 0.5) is 18.9 Å². The molecule has 3 aliphatic rings. The Hall–Kier alpha value is -3.88. The SMILES string of the molecule is COc1ccnc2ccc(N3CC4(CC(/C=C/c5c(-c6cnccc6C(F)(F)F)noc5C5CC5)C4)C3)cc12. The molecular weight excluding hydrogens is 505 g/mol. The molecule has 1 saturated heterocycles. The Morgan fingerprint density at radius 1 is 1.10 bits per heavy atom. The minimum absolute atomic E-state index is 0.0396. The predicted octanol–water partition coefficient (Wildman–Crippen LogP) is 7.12. The van der Waals surface area contributed by atoms with E-state index in [2.05, 4.69) is 38.2 Å². The number of aromatic nitrogens is 3. The summed E-state index contributed by atoms with van der Waals surface area (Å²) < 4.78 is 52.2. The first kappa shape index (κ1) is 24.2. The van der Waals surface area contributed by atoms with Gasteiger partial charge in [-0.3, -0.25) is 9.97 Å². The molecule has 1 aromatic carbocycles. The fourth-order valence-electron chi connectivity index (χ4n) is 6.24. The molecule has 3 aromatic heterocycles. The maximum atomic E-state index is 13.7. The van der Waals surface area contributed by atoms with Crippen LogP contribution in [0.15, 0.2) is 59.5 Å². The zero-order valence-corrected chi connectivity index (χ0v) is 21.4. The topological polar surface area (TPSA) is 64.3 Å². The number of halogens is 3. The van der Waals surface area contributed by atoms with Crippen molar-refractivity contribution in [2.75, 3.05) is 25.1 Å². The second-order valence-electron chi connectivity index (χ2n) is 11.1. The Morgan fingerprint density at radius 3 is 2.67 bits per heavy atom. The van der Waals surface area contributed by atoms with Crippen LogP contribution in [0.5, 0.6) is 5.75 Å². The highest BCUT2D eigenvalue weighted by molar-refractivity contribution is 5.88. The van der Waals surface area contributed by atoms with Crippen LogP contribution in [0.2, 0.25) is 0 Å². The van der Waals surface area contributed by atoms with E-state index in [0.717, 1.165) is 67.7 Å². The molecule has 2 aliphatic carbocycles. The number of nitrogens with zero attached hydrogens (tertiary/aromatic N) is 4. The molecule has 0 N–H and O–H groups in total. The van der Waals surface area contributed by atoms with E-state index in [4.69, 9.17) is 9.26 Å². The van der Waals surface area contributed by atoms with Gasteiger partial charge in [0.1, 0.15) is 17.2 Å². The highest BCUT2D eigenvalue weighted by Crippen LogP contribution is 2.54. The normalized spacial score (nSPS) is 19.0. The molecule has 7 rings (SSSR count). The standard InChI is InChI=1S/C30H27F3N4O2/c1-38-26-9-11-35-25-7-5-20(12-22(25)26)37-16-29(17-37)13-18(14-29)2-6-21-27(36-39-28(21)19-3-4-19)23-15-34-10-8-24(23)30(31,32)33/h2,5-12,15,18-19H,3-4,13-14,16-17H2,1H3/b6-2+. The van der Waals surface area contributed by atoms with E-state index < -0.39 is 11.7 Å². The maximum absolute atomic E-state index is 13.7. The molecule has 2 saturated carbocycles. The second-order valence-corrected chi connectivity index (χ2v) is 11.1. The van der Waals surface area contributed by atoms with Gasteiger partial charge in [0, 0.05) is 65.2 Å². The van der Waals surface area contributed by atoms with Crippen LogP contribution in [-0.2, 0) is 6.18 Å². The van der Waals surface area contributed by atoms with Crippen LogP contribution >= 0.6 is 0 Å². The Bertz CT molecular complexity index is 1580. The number of ether oxygens (including phenoxy) is 1. The first-order valence-corrected chi connectivity index (χ1v) is 13.2. The highest BCUT2D eigenvalue weighted by Gasteiger charge is 2.51. The summed E-state index contributed by atoms with van der Waals surface area (Å²) in [6.07, 6.45) is 7.75. The maximum Gasteiger partial charge on any atom is 0.417 e. The van der Waals surface area contributed by atoms with Gasteiger partial charge in [-0.1, -0.05) is 17.3 Å². The summed E-state index contributed by atoms with van der Waals surface area (Å²) in [7, 11) is 1.67. The lowest BCUT2D eigenvalue weighted by molar-refractivity contribution is -0.137. The third-order valence-corrected chi connectivity index (χ3v) is 8.33. The first-order valence-electron chi connectivity index (χ1n) is 13.2. The zero-order chi connectivity index (χ0) is 26.8. The van der Waals surface area contributed by atoms with Gasteiger partial charge in [0.15, 0.2) is 0 Å². The smallest absolute Gasteiger partial charge is 0.417 e. The Kier molecular flexibility index (Phi) is 5.47. The number of anilines is 1. The number of fused-ring (bicyclic) bond motifs is 1. The van der Waals surface area contributed by atoms with Gasteiger partial charge in [0.25, 0.3) is 0 Å². The Balaban J connectivity index is 1.07. The average Bonchev–Trinajstić information content (AvgIpc) is 3.65. The van der Waals surface area contributed by atoms with Crippen molar-refractivity contribution in [3.8, 4) is 17.0 Å². The fraction of sp³-hybridized carbons (Fsp3) is 0.367. The van der Waals surface area contributed by atoms with E-state index in [-0.39, 0.29) is 22.6 Å². The summed E-state index contributed by atoms with van der Waals surface area (Å²) in [6, 6.07) is 9.16. The molecule has 6 nitrogen and oxygen atoms in total. The highest BCUT2D eigenvalue weighted by atomic mass is 19.4. The van der Waals surface area contributed by atoms with E-state index in [1.54, 1.807) is 13.3 Å². The molecule has 0 unspecified atom stereocenters. The number of hydrogen-bond acceptors (Lipinski definition) is 6. The van der Waals surface area contributed by atoms with Crippen LogP contribution in [0.3, 0.4) is 0 Å². The molecule has 0 amide bonds. The number of rotatable bonds is 6. The second kappa shape index (κ2) is 8.83. The summed E-state index contributed by atoms with van der Waals surface area (Å²) in [4.78, 5) is 10.8. The van der Waals surface area contributed by atoms with Gasteiger partial charge in [-0.05, 0) is 61.9 Å². The van der Waals surface area contributed by atoms with Gasteiger partial charge in [-0.15, -0.1) is 0 Å². The number of alkyl halides is 3. The zero-order valence-electron chi connectivity index (χ0n) is 21.4. The van der Waals surface area contributed by atoms with Gasteiger partial charge in [-0.25, -0.2) is 0 Å². The number of allylic oxidation sites excluding steroid dienone is 1. The van der Waals surface area contributed by atoms with Crippen molar-refractivity contribution in [1.29, 1.82) is 0 Å². The van der Waals surface area contributed by atoms with E-state index in [1.165, 1.54) is 11.9 Å². The molecule has 4 aromatic rings. The van der Waals surface area contributed by atoms with Crippen LogP contribution in [0.1, 0.15) is 48.5 Å². The van der Waals surface area contributed by atoms with Crippen molar-refractivity contribution >= 4 is 22.7 Å². The Morgan fingerprint density at radius 2 is 1.92 bits per heavy atom. The monoisotopic (exact) mass is 532 g/mol. The molecule has 1 spiro atoms. The van der Waals surface area contributed by atoms with Crippen LogP contribution in [0, 0.1) is 11.3 Å². The Labute approximate surface area is 223 Å². The predicted molar refractivity (Wildman–Crippen MR) is 141 cm³/mol. The van der Waals surface area contributed by atoms with Crippen LogP contribution < -0.4 is 9.64 Å². The van der Waals surface area contributed by atoms with E-state index in [1.807, 2.05) is 18.2 Å². The van der Waals surface area contributed by atoms with Crippen LogP contribution in [0.25, 0.3) is 28.2 Å². The molecule has 0 bridgehead atoms. The summed E-state index contributed by atoms with van der Waals surface area (Å²) in [6.45, 7) is 1.98. The largest absolute Gasteiger partial charge is 0.496 e. The van der Waals surface area contributed by atoms with E-state index in [9.17, 15) is 13.2 Å². The fourth-order valence-corrected chi connectivity index (χ4v) is 6.24. The van der Waals surface area contributed by atoms with Gasteiger partial charge in [0.05, 0.1) is 18.2 Å². The summed E-state index contributed by atoms with van der Waals surface area (Å²) in [5.41, 5.74) is 2.45. The van der Waals surface area contributed by atoms with Crippen molar-refractivity contribution in [1.82, 2.24) is 15.1 Å². The van der Waals surface area contributed by atoms with Gasteiger partial charge in [0.2, 0.25) is 0 Å². The van der Waals surface area contributed by atoms with Crippen molar-refractivity contribution in [2.24, 2.45) is 11.3 Å². The van der Waals surface area contributed by atoms with Gasteiger partial charge in [-0.2, -0.15) is 13.2 Å². The van der Waals surface area contributed by atoms with Crippen molar-refractivity contribution < 1.29 is 22.4 Å². The minimum atomic E-state index is -4.50. The third kappa shape index (κ3) is 4.24. The lowest BCUT2D eigenvalue weighted by atomic mass is 9.57. The number of hydrogen-bond donors (Lipinski definition) is 0. The summed E-state index contributed by atoms with van der Waals surface area (Å²) in [5, 5.41) is 5.10. The van der Waals surface area contributed by atoms with Crippen molar-refractivity contribution in [3.05, 3.63) is 71.9 Å². The van der Waals surface area contributed by atoms with Crippen molar-refractivity contribution in [2.45, 2.75) is 37.8 Å².